The molecule has 0 radical (unpaired) electrons. The average Bonchev–Trinajstić information content (AvgIpc) is 3.28. The lowest BCUT2D eigenvalue weighted by Gasteiger charge is -2.41. The first kappa shape index (κ1) is 62.1. The Kier molecular flexibility index (Phi) is 41.2. The molecule has 0 spiro atoms. The summed E-state index contributed by atoms with van der Waals surface area (Å²) in [6, 6.07) is -0.851. The number of aliphatic hydroxyl groups is 4. The number of carbonyl (C=O) groups excluding carboxylic acids is 1. The maximum atomic E-state index is 13.1. The van der Waals surface area contributed by atoms with Gasteiger partial charge in [-0.1, -0.05) is 251 Å². The van der Waals surface area contributed by atoms with Crippen LogP contribution < -0.4 is 5.32 Å². The lowest BCUT2D eigenvalue weighted by atomic mass is 9.99. The Morgan fingerprint density at radius 3 is 1.23 bits per heavy atom. The minimum Gasteiger partial charge on any atom is -0.394 e. The van der Waals surface area contributed by atoms with Gasteiger partial charge in [-0.15, -0.1) is 0 Å². The molecular weight excluding hydrogens is 847 g/mol. The number of amides is 1. The molecule has 6 N–H and O–H groups in total. The molecule has 1 fully saturated rings. The van der Waals surface area contributed by atoms with E-state index < -0.39 is 59.9 Å². The summed E-state index contributed by atoms with van der Waals surface area (Å²) in [5.74, 6) is -0.224. The van der Waals surface area contributed by atoms with Crippen LogP contribution >= 0.6 is 0 Å². The van der Waals surface area contributed by atoms with Gasteiger partial charge in [0, 0.05) is 6.42 Å². The molecule has 7 unspecified atom stereocenters. The molecule has 65 heavy (non-hydrogen) atoms. The number of hydrogen-bond donors (Lipinski definition) is 6. The van der Waals surface area contributed by atoms with Crippen molar-refractivity contribution in [3.63, 3.8) is 0 Å². The van der Waals surface area contributed by atoms with Crippen LogP contribution in [0.2, 0.25) is 0 Å². The molecule has 12 nitrogen and oxygen atoms in total. The molecule has 1 saturated heterocycles. The third-order valence-electron chi connectivity index (χ3n) is 13.4. The molecule has 1 heterocycles. The standard InChI is InChI=1S/C52H103NO11S/c1-3-5-7-9-11-13-15-17-18-19-20-21-22-23-24-25-26-27-28-29-30-32-34-36-38-40-42-48(56)53-45(46(55)41-39-37-35-33-31-16-14-12-10-8-6-4-2)44-62-52-50(58)51(64-65(59,60)61)49(57)47(43-54)63-52/h45-47,49-52,54-55,57-58H,3-44H2,1-2H3,(H,53,56)(H,59,60,61). The monoisotopic (exact) mass is 950 g/mol. The highest BCUT2D eigenvalue weighted by atomic mass is 32.3. The van der Waals surface area contributed by atoms with Gasteiger partial charge in [0.2, 0.25) is 5.91 Å². The predicted octanol–water partition coefficient (Wildman–Crippen LogP) is 12.1. The van der Waals surface area contributed by atoms with Crippen molar-refractivity contribution in [3.05, 3.63) is 0 Å². The van der Waals surface area contributed by atoms with E-state index in [2.05, 4.69) is 23.3 Å². The van der Waals surface area contributed by atoms with Crippen LogP contribution in [-0.2, 0) is 28.9 Å². The summed E-state index contributed by atoms with van der Waals surface area (Å²) in [5, 5.41) is 44.9. The maximum absolute atomic E-state index is 13.1. The Morgan fingerprint density at radius 1 is 0.554 bits per heavy atom. The zero-order valence-corrected chi connectivity index (χ0v) is 42.7. The van der Waals surface area contributed by atoms with Crippen LogP contribution in [0, 0.1) is 0 Å². The SMILES string of the molecule is CCCCCCCCCCCCCCCCCCCCCCCCCCCCC(=O)NC(COC1OC(CO)C(O)C(OS(=O)(=O)O)C1O)C(O)CCCCCCCCCCCCCC. The number of aliphatic hydroxyl groups excluding tert-OH is 4. The van der Waals surface area contributed by atoms with Crippen molar-refractivity contribution in [2.45, 2.75) is 314 Å². The molecule has 1 aliphatic heterocycles. The van der Waals surface area contributed by atoms with Crippen molar-refractivity contribution in [1.29, 1.82) is 0 Å². The van der Waals surface area contributed by atoms with Gasteiger partial charge < -0.3 is 35.2 Å². The van der Waals surface area contributed by atoms with Crippen molar-refractivity contribution >= 4 is 16.3 Å². The highest BCUT2D eigenvalue weighted by Gasteiger charge is 2.48. The van der Waals surface area contributed by atoms with Gasteiger partial charge in [-0.25, -0.2) is 4.18 Å². The van der Waals surface area contributed by atoms with Crippen LogP contribution in [0.5, 0.6) is 0 Å². The zero-order chi connectivity index (χ0) is 47.6. The van der Waals surface area contributed by atoms with Gasteiger partial charge in [0.05, 0.1) is 25.4 Å². The lowest BCUT2D eigenvalue weighted by molar-refractivity contribution is -0.298. The number of nitrogens with one attached hydrogen (secondary N) is 1. The van der Waals surface area contributed by atoms with Gasteiger partial charge in [0.25, 0.3) is 0 Å². The quantitative estimate of drug-likeness (QED) is 0.0251. The average molecular weight is 950 g/mol. The van der Waals surface area contributed by atoms with Gasteiger partial charge in [0.1, 0.15) is 24.4 Å². The first-order valence-corrected chi connectivity index (χ1v) is 28.8. The molecule has 0 aromatic rings. The van der Waals surface area contributed by atoms with Crippen molar-refractivity contribution in [1.82, 2.24) is 5.32 Å². The third kappa shape index (κ3) is 35.8. The minimum atomic E-state index is -5.07. The molecule has 1 amide bonds. The highest BCUT2D eigenvalue weighted by molar-refractivity contribution is 7.80. The van der Waals surface area contributed by atoms with Crippen molar-refractivity contribution in [2.75, 3.05) is 13.2 Å². The molecule has 0 aromatic heterocycles. The van der Waals surface area contributed by atoms with Gasteiger partial charge in [0.15, 0.2) is 6.29 Å². The molecule has 7 atom stereocenters. The van der Waals surface area contributed by atoms with E-state index in [0.717, 1.165) is 51.4 Å². The summed E-state index contributed by atoms with van der Waals surface area (Å²) in [5.41, 5.74) is 0. The van der Waals surface area contributed by atoms with Crippen LogP contribution in [0.4, 0.5) is 0 Å². The number of hydrogen-bond acceptors (Lipinski definition) is 10. The second kappa shape index (κ2) is 43.1. The molecule has 0 bridgehead atoms. The Hall–Kier alpha value is -0.900. The number of ether oxygens (including phenoxy) is 2. The predicted molar refractivity (Wildman–Crippen MR) is 264 cm³/mol. The second-order valence-electron chi connectivity index (χ2n) is 19.5. The summed E-state index contributed by atoms with van der Waals surface area (Å²) >= 11 is 0. The molecule has 0 aromatic carbocycles. The van der Waals surface area contributed by atoms with Crippen molar-refractivity contribution in [3.8, 4) is 0 Å². The number of unbranched alkanes of at least 4 members (excludes halogenated alkanes) is 36. The van der Waals surface area contributed by atoms with E-state index in [1.54, 1.807) is 0 Å². The van der Waals surface area contributed by atoms with Crippen LogP contribution in [0.15, 0.2) is 0 Å². The summed E-state index contributed by atoms with van der Waals surface area (Å²) in [6.45, 7) is 3.47. The van der Waals surface area contributed by atoms with E-state index >= 15 is 0 Å². The summed E-state index contributed by atoms with van der Waals surface area (Å²) < 4.78 is 47.8. The third-order valence-corrected chi connectivity index (χ3v) is 13.9. The van der Waals surface area contributed by atoms with E-state index in [1.165, 1.54) is 193 Å². The molecule has 13 heteroatoms. The van der Waals surface area contributed by atoms with E-state index in [0.29, 0.717) is 12.8 Å². The Balaban J connectivity index is 2.29. The summed E-state index contributed by atoms with van der Waals surface area (Å²) in [6.07, 6.45) is 39.8. The van der Waals surface area contributed by atoms with Gasteiger partial charge in [-0.05, 0) is 12.8 Å². The van der Waals surface area contributed by atoms with Crippen LogP contribution in [0.1, 0.15) is 271 Å². The summed E-state index contributed by atoms with van der Waals surface area (Å²) in [7, 11) is -5.07. The van der Waals surface area contributed by atoms with Crippen molar-refractivity contribution in [2.24, 2.45) is 0 Å². The highest BCUT2D eigenvalue weighted by Crippen LogP contribution is 2.26. The first-order valence-electron chi connectivity index (χ1n) is 27.4. The molecule has 0 saturated carbocycles. The topological polar surface area (TPSA) is 192 Å². The zero-order valence-electron chi connectivity index (χ0n) is 41.8. The molecular formula is C52H103NO11S. The Bertz CT molecular complexity index is 1160. The first-order chi connectivity index (χ1) is 31.5. The van der Waals surface area contributed by atoms with Crippen molar-refractivity contribution < 1.29 is 51.8 Å². The number of rotatable bonds is 48. The van der Waals surface area contributed by atoms with E-state index in [1.807, 2.05) is 0 Å². The molecule has 388 valence electrons. The largest absolute Gasteiger partial charge is 0.397 e. The van der Waals surface area contributed by atoms with Crippen LogP contribution in [0.3, 0.4) is 0 Å². The van der Waals surface area contributed by atoms with E-state index in [9.17, 15) is 38.2 Å². The smallest absolute Gasteiger partial charge is 0.394 e. The van der Waals surface area contributed by atoms with Crippen LogP contribution in [-0.4, -0.2) is 95.4 Å². The second-order valence-corrected chi connectivity index (χ2v) is 20.6. The minimum absolute atomic E-state index is 0.224. The fourth-order valence-corrected chi connectivity index (χ4v) is 9.68. The van der Waals surface area contributed by atoms with Crippen LogP contribution in [0.25, 0.3) is 0 Å². The molecule has 1 rings (SSSR count). The molecule has 0 aliphatic carbocycles. The van der Waals surface area contributed by atoms with E-state index in [-0.39, 0.29) is 12.5 Å². The Labute approximate surface area is 398 Å². The lowest BCUT2D eigenvalue weighted by Crippen LogP contribution is -2.61. The number of carbonyl (C=O) groups is 1. The van der Waals surface area contributed by atoms with Gasteiger partial charge in [-0.2, -0.15) is 8.42 Å². The normalized spacial score (nSPS) is 20.0. The fraction of sp³-hybridized carbons (Fsp3) is 0.981. The van der Waals surface area contributed by atoms with E-state index in [4.69, 9.17) is 9.47 Å². The summed E-state index contributed by atoms with van der Waals surface area (Å²) in [4.78, 5) is 13.1. The molecule has 1 aliphatic rings. The maximum Gasteiger partial charge on any atom is 0.397 e. The van der Waals surface area contributed by atoms with Gasteiger partial charge in [-0.3, -0.25) is 9.35 Å². The van der Waals surface area contributed by atoms with Gasteiger partial charge >= 0.3 is 10.4 Å². The Morgan fingerprint density at radius 2 is 0.892 bits per heavy atom. The fourth-order valence-electron chi connectivity index (χ4n) is 9.17.